The third kappa shape index (κ3) is 3.70. The Morgan fingerprint density at radius 2 is 1.78 bits per heavy atom. The Balaban J connectivity index is 1.26. The second-order valence-corrected chi connectivity index (χ2v) is 9.33. The van der Waals surface area contributed by atoms with Gasteiger partial charge in [0.05, 0.1) is 29.2 Å². The lowest BCUT2D eigenvalue weighted by molar-refractivity contribution is 0.696. The van der Waals surface area contributed by atoms with Crippen LogP contribution in [0, 0.1) is 0 Å². The Hall–Kier alpha value is -4.98. The molecule has 37 heavy (non-hydrogen) atoms. The van der Waals surface area contributed by atoms with Gasteiger partial charge in [-0.25, -0.2) is 9.97 Å². The lowest BCUT2D eigenvalue weighted by Gasteiger charge is -2.10. The van der Waals surface area contributed by atoms with Crippen LogP contribution in [0.1, 0.15) is 11.1 Å². The number of rotatable bonds is 5. The first-order valence-electron chi connectivity index (χ1n) is 12.2. The van der Waals surface area contributed by atoms with Crippen molar-refractivity contribution in [1.82, 2.24) is 29.5 Å². The maximum atomic E-state index is 6.02. The van der Waals surface area contributed by atoms with E-state index in [1.54, 1.807) is 6.20 Å². The van der Waals surface area contributed by atoms with Crippen LogP contribution in [-0.2, 0) is 20.1 Å². The van der Waals surface area contributed by atoms with Crippen molar-refractivity contribution in [3.63, 3.8) is 0 Å². The average molecular weight is 485 g/mol. The number of benzene rings is 3. The highest BCUT2D eigenvalue weighted by molar-refractivity contribution is 6.07. The normalized spacial score (nSPS) is 11.7. The van der Waals surface area contributed by atoms with Gasteiger partial charge in [0.1, 0.15) is 17.2 Å². The Bertz CT molecular complexity index is 1950. The van der Waals surface area contributed by atoms with Gasteiger partial charge in [0, 0.05) is 42.1 Å². The topological polar surface area (TPSA) is 99.5 Å². The third-order valence-electron chi connectivity index (χ3n) is 6.89. The largest absolute Gasteiger partial charge is 0.383 e. The summed E-state index contributed by atoms with van der Waals surface area (Å²) in [5.41, 5.74) is 11.3. The summed E-state index contributed by atoms with van der Waals surface area (Å²) in [7, 11) is 1.96. The number of hydrogen-bond acceptors (Lipinski definition) is 6. The monoisotopic (exact) mass is 484 g/mol. The number of anilines is 2. The molecule has 0 aliphatic rings. The molecule has 3 aromatic carbocycles. The number of fused-ring (bicyclic) bond motifs is 5. The standard InChI is InChI=1S/C29H24N8/c1-36-26-13-19(6-8-21(26)15-33-36)16-37-17-24-27(35-37)23-4-2-3-5-25(23)34-29(24)32-14-18-7-9-22-20(12-18)10-11-31-28(22)30/h2-13,15,17H,14,16H2,1H3,(H2,30,31)(H,32,34). The van der Waals surface area contributed by atoms with Crippen LogP contribution in [0.4, 0.5) is 11.6 Å². The molecule has 0 fully saturated rings. The highest BCUT2D eigenvalue weighted by Gasteiger charge is 2.13. The van der Waals surface area contributed by atoms with Gasteiger partial charge in [-0.3, -0.25) is 9.36 Å². The fraction of sp³-hybridized carbons (Fsp3) is 0.103. The van der Waals surface area contributed by atoms with Gasteiger partial charge in [-0.2, -0.15) is 10.2 Å². The van der Waals surface area contributed by atoms with Crippen LogP contribution in [0.15, 0.2) is 85.3 Å². The van der Waals surface area contributed by atoms with Crippen molar-refractivity contribution in [2.75, 3.05) is 11.1 Å². The van der Waals surface area contributed by atoms with Gasteiger partial charge in [0.15, 0.2) is 0 Å². The molecule has 0 radical (unpaired) electrons. The van der Waals surface area contributed by atoms with Crippen LogP contribution < -0.4 is 11.1 Å². The summed E-state index contributed by atoms with van der Waals surface area (Å²) in [4.78, 5) is 9.14. The molecule has 0 bridgehead atoms. The summed E-state index contributed by atoms with van der Waals surface area (Å²) in [6, 6.07) is 22.8. The van der Waals surface area contributed by atoms with Crippen molar-refractivity contribution in [3.05, 3.63) is 96.4 Å². The minimum Gasteiger partial charge on any atom is -0.383 e. The molecule has 0 aliphatic carbocycles. The minimum absolute atomic E-state index is 0.546. The Morgan fingerprint density at radius 1 is 0.892 bits per heavy atom. The molecule has 7 rings (SSSR count). The number of para-hydroxylation sites is 1. The average Bonchev–Trinajstić information content (AvgIpc) is 3.51. The van der Waals surface area contributed by atoms with E-state index in [0.717, 1.165) is 54.9 Å². The van der Waals surface area contributed by atoms with Crippen molar-refractivity contribution in [3.8, 4) is 0 Å². The first kappa shape index (κ1) is 21.3. The van der Waals surface area contributed by atoms with E-state index < -0.39 is 0 Å². The molecule has 7 aromatic rings. The highest BCUT2D eigenvalue weighted by Crippen LogP contribution is 2.29. The first-order chi connectivity index (χ1) is 18.1. The molecule has 3 N–H and O–H groups in total. The van der Waals surface area contributed by atoms with E-state index in [9.17, 15) is 0 Å². The van der Waals surface area contributed by atoms with Crippen molar-refractivity contribution < 1.29 is 0 Å². The van der Waals surface area contributed by atoms with E-state index in [2.05, 4.69) is 58.0 Å². The number of hydrogen-bond donors (Lipinski definition) is 2. The van der Waals surface area contributed by atoms with Gasteiger partial charge in [-0.15, -0.1) is 0 Å². The van der Waals surface area contributed by atoms with Crippen LogP contribution >= 0.6 is 0 Å². The second-order valence-electron chi connectivity index (χ2n) is 9.33. The zero-order valence-corrected chi connectivity index (χ0v) is 20.3. The quantitative estimate of drug-likeness (QED) is 0.346. The van der Waals surface area contributed by atoms with Crippen LogP contribution in [0.2, 0.25) is 0 Å². The molecule has 8 nitrogen and oxygen atoms in total. The number of aryl methyl sites for hydroxylation is 1. The smallest absolute Gasteiger partial charge is 0.138 e. The zero-order valence-electron chi connectivity index (χ0n) is 20.3. The molecule has 0 unspecified atom stereocenters. The van der Waals surface area contributed by atoms with Gasteiger partial charge < -0.3 is 11.1 Å². The molecule has 0 spiro atoms. The van der Waals surface area contributed by atoms with E-state index >= 15 is 0 Å². The number of pyridine rings is 2. The molecule has 0 saturated carbocycles. The van der Waals surface area contributed by atoms with Crippen molar-refractivity contribution >= 4 is 55.1 Å². The van der Waals surface area contributed by atoms with Crippen molar-refractivity contribution in [1.29, 1.82) is 0 Å². The number of nitrogen functional groups attached to an aromatic ring is 1. The summed E-state index contributed by atoms with van der Waals surface area (Å²) in [5, 5.41) is 18.1. The Kier molecular flexibility index (Phi) is 4.78. The van der Waals surface area contributed by atoms with Crippen molar-refractivity contribution in [2.45, 2.75) is 13.1 Å². The van der Waals surface area contributed by atoms with E-state index in [-0.39, 0.29) is 0 Å². The second kappa shape index (κ2) is 8.30. The summed E-state index contributed by atoms with van der Waals surface area (Å²) in [5.74, 6) is 1.36. The van der Waals surface area contributed by atoms with Gasteiger partial charge >= 0.3 is 0 Å². The molecule has 4 heterocycles. The van der Waals surface area contributed by atoms with E-state index in [1.807, 2.05) is 52.9 Å². The molecular weight excluding hydrogens is 460 g/mol. The first-order valence-corrected chi connectivity index (χ1v) is 12.2. The van der Waals surface area contributed by atoms with Gasteiger partial charge in [0.2, 0.25) is 0 Å². The predicted molar refractivity (Wildman–Crippen MR) is 148 cm³/mol. The summed E-state index contributed by atoms with van der Waals surface area (Å²) >= 11 is 0. The summed E-state index contributed by atoms with van der Waals surface area (Å²) in [6.45, 7) is 1.28. The van der Waals surface area contributed by atoms with E-state index in [1.165, 1.54) is 5.56 Å². The van der Waals surface area contributed by atoms with Gasteiger partial charge in [-0.05, 0) is 40.8 Å². The van der Waals surface area contributed by atoms with Gasteiger partial charge in [-0.1, -0.05) is 42.5 Å². The Morgan fingerprint density at radius 3 is 2.73 bits per heavy atom. The number of nitrogens with one attached hydrogen (secondary N) is 1. The van der Waals surface area contributed by atoms with E-state index in [4.69, 9.17) is 15.8 Å². The van der Waals surface area contributed by atoms with Crippen LogP contribution in [0.3, 0.4) is 0 Å². The SMILES string of the molecule is Cn1ncc2ccc(Cn3cc4c(NCc5ccc6c(N)nccc6c5)nc5ccccc5c4n3)cc21. The highest BCUT2D eigenvalue weighted by atomic mass is 15.3. The molecule has 180 valence electrons. The molecular formula is C29H24N8. The fourth-order valence-corrected chi connectivity index (χ4v) is 4.98. The maximum absolute atomic E-state index is 6.02. The minimum atomic E-state index is 0.546. The third-order valence-corrected chi connectivity index (χ3v) is 6.89. The van der Waals surface area contributed by atoms with Crippen LogP contribution in [-0.4, -0.2) is 29.5 Å². The molecule has 0 saturated heterocycles. The number of nitrogens with zero attached hydrogens (tertiary/aromatic N) is 6. The zero-order chi connectivity index (χ0) is 24.9. The Labute approximate surface area is 212 Å². The lowest BCUT2D eigenvalue weighted by atomic mass is 10.1. The molecule has 4 aromatic heterocycles. The van der Waals surface area contributed by atoms with Crippen LogP contribution in [0.25, 0.3) is 43.5 Å². The summed E-state index contributed by atoms with van der Waals surface area (Å²) in [6.07, 6.45) is 5.71. The lowest BCUT2D eigenvalue weighted by Crippen LogP contribution is -2.02. The van der Waals surface area contributed by atoms with Crippen LogP contribution in [0.5, 0.6) is 0 Å². The summed E-state index contributed by atoms with van der Waals surface area (Å²) < 4.78 is 3.89. The molecule has 0 atom stereocenters. The molecule has 0 aliphatic heterocycles. The van der Waals surface area contributed by atoms with Crippen molar-refractivity contribution in [2.24, 2.45) is 7.05 Å². The van der Waals surface area contributed by atoms with E-state index in [0.29, 0.717) is 18.9 Å². The fourth-order valence-electron chi connectivity index (χ4n) is 4.98. The number of aromatic nitrogens is 6. The number of nitrogens with two attached hydrogens (primary N) is 1. The molecule has 8 heteroatoms. The molecule has 0 amide bonds. The maximum Gasteiger partial charge on any atom is 0.138 e. The van der Waals surface area contributed by atoms with Gasteiger partial charge in [0.25, 0.3) is 0 Å². The predicted octanol–water partition coefficient (Wildman–Crippen LogP) is 5.26.